The van der Waals surface area contributed by atoms with Gasteiger partial charge in [-0.25, -0.2) is 10.2 Å². The summed E-state index contributed by atoms with van der Waals surface area (Å²) in [6.45, 7) is 6.45. The Morgan fingerprint density at radius 1 is 1.05 bits per heavy atom. The van der Waals surface area contributed by atoms with E-state index < -0.39 is 22.6 Å². The van der Waals surface area contributed by atoms with Gasteiger partial charge in [-0.3, -0.25) is 15.2 Å². The molecule has 1 aromatic carbocycles. The number of hydrogen-bond acceptors (Lipinski definition) is 9. The van der Waals surface area contributed by atoms with Gasteiger partial charge in [0, 0.05) is 16.8 Å². The van der Waals surface area contributed by atoms with Crippen LogP contribution in [0.5, 0.6) is 0 Å². The highest BCUT2D eigenvalue weighted by Gasteiger charge is 2.67. The summed E-state index contributed by atoms with van der Waals surface area (Å²) in [5.74, 6) is -0.129. The first kappa shape index (κ1) is 27.6. The summed E-state index contributed by atoms with van der Waals surface area (Å²) < 4.78 is 0. The molecule has 0 heterocycles. The molecule has 12 heteroatoms. The number of hydrogen-bond donors (Lipinski definition) is 5. The van der Waals surface area contributed by atoms with Crippen LogP contribution in [-0.4, -0.2) is 33.2 Å². The molecule has 0 aliphatic heterocycles. The molecular weight excluding hydrogens is 506 g/mol. The topological polar surface area (TPSA) is 184 Å². The molecule has 12 nitrogen and oxygen atoms in total. The van der Waals surface area contributed by atoms with Gasteiger partial charge in [0.25, 0.3) is 0 Å². The van der Waals surface area contributed by atoms with Gasteiger partial charge in [0.2, 0.25) is 0 Å². The Morgan fingerprint density at radius 2 is 1.77 bits per heavy atom. The van der Waals surface area contributed by atoms with Crippen LogP contribution in [0.1, 0.15) is 78.6 Å². The fraction of sp³-hybridized carbons (Fsp3) is 0.667. The number of carboxylic acids is 1. The second-order valence-electron chi connectivity index (χ2n) is 12.9. The SMILES string of the molecule is C[C@@]12CC[C@@H]3[C@@](CC[C@H]4[C@@]3(C)CCC[C@@]4(C)C(=O)O)(CC1=NNC(=O)Nc1ccc(N([O-])[O-])cc1N(O)O)C2. The van der Waals surface area contributed by atoms with Crippen molar-refractivity contribution < 1.29 is 25.1 Å². The van der Waals surface area contributed by atoms with Crippen LogP contribution in [0.2, 0.25) is 0 Å². The lowest BCUT2D eigenvalue weighted by Gasteiger charge is -2.63. The maximum absolute atomic E-state index is 12.7. The number of nitrogens with one attached hydrogen (secondary N) is 2. The van der Waals surface area contributed by atoms with Gasteiger partial charge < -0.3 is 26.1 Å². The number of aliphatic carboxylic acids is 1. The van der Waals surface area contributed by atoms with Gasteiger partial charge in [-0.2, -0.15) is 5.10 Å². The molecular formula is C27H37N5O7-2. The molecule has 4 fully saturated rings. The molecule has 4 saturated carbocycles. The number of fused-ring (bicyclic) bond motifs is 3. The van der Waals surface area contributed by atoms with Crippen molar-refractivity contribution in [2.24, 2.45) is 38.6 Å². The van der Waals surface area contributed by atoms with Crippen LogP contribution in [0.3, 0.4) is 0 Å². The van der Waals surface area contributed by atoms with Crippen LogP contribution in [0.25, 0.3) is 0 Å². The van der Waals surface area contributed by atoms with E-state index >= 15 is 0 Å². The van der Waals surface area contributed by atoms with Gasteiger partial charge in [0.1, 0.15) is 5.69 Å². The summed E-state index contributed by atoms with van der Waals surface area (Å²) in [6, 6.07) is 2.58. The zero-order chi connectivity index (χ0) is 28.4. The third-order valence-electron chi connectivity index (χ3n) is 10.8. The van der Waals surface area contributed by atoms with Gasteiger partial charge in [0.15, 0.2) is 0 Å². The largest absolute Gasteiger partial charge is 0.769 e. The maximum atomic E-state index is 12.7. The van der Waals surface area contributed by atoms with E-state index in [1.165, 1.54) is 6.07 Å². The number of carbonyl (C=O) groups excluding carboxylic acids is 1. The molecule has 0 saturated heterocycles. The van der Waals surface area contributed by atoms with Crippen LogP contribution in [0.4, 0.5) is 21.9 Å². The zero-order valence-corrected chi connectivity index (χ0v) is 22.6. The molecule has 4 aliphatic carbocycles. The number of nitrogens with zero attached hydrogens (tertiary/aromatic N) is 3. The van der Waals surface area contributed by atoms with Gasteiger partial charge in [-0.1, -0.05) is 20.3 Å². The van der Waals surface area contributed by atoms with E-state index in [0.29, 0.717) is 5.92 Å². The minimum absolute atomic E-state index is 0.0335. The number of urea groups is 1. The lowest BCUT2D eigenvalue weighted by Crippen LogP contribution is -2.58. The highest BCUT2D eigenvalue weighted by Crippen LogP contribution is 2.73. The number of anilines is 3. The maximum Gasteiger partial charge on any atom is 0.339 e. The van der Waals surface area contributed by atoms with E-state index in [0.717, 1.165) is 75.6 Å². The van der Waals surface area contributed by atoms with E-state index in [2.05, 4.69) is 29.7 Å². The number of amides is 2. The molecule has 0 radical (unpaired) electrons. The molecule has 0 aromatic heterocycles. The molecule has 2 amide bonds. The third-order valence-corrected chi connectivity index (χ3v) is 10.8. The molecule has 1 spiro atoms. The molecule has 214 valence electrons. The van der Waals surface area contributed by atoms with Gasteiger partial charge in [-0.15, -0.1) is 5.23 Å². The molecule has 4 aliphatic rings. The van der Waals surface area contributed by atoms with Crippen molar-refractivity contribution in [3.05, 3.63) is 28.6 Å². The molecule has 0 unspecified atom stereocenters. The van der Waals surface area contributed by atoms with Crippen molar-refractivity contribution in [1.29, 1.82) is 0 Å². The summed E-state index contributed by atoms with van der Waals surface area (Å²) in [6.07, 6.45) is 8.19. The summed E-state index contributed by atoms with van der Waals surface area (Å²) in [5.41, 5.74) is 1.84. The van der Waals surface area contributed by atoms with E-state index in [1.807, 2.05) is 6.92 Å². The number of carbonyl (C=O) groups is 2. The van der Waals surface area contributed by atoms with E-state index in [4.69, 9.17) is 0 Å². The van der Waals surface area contributed by atoms with E-state index in [-0.39, 0.29) is 44.5 Å². The lowest BCUT2D eigenvalue weighted by molar-refractivity contribution is -0.182. The molecule has 5 N–H and O–H groups in total. The van der Waals surface area contributed by atoms with Crippen LogP contribution in [0, 0.1) is 43.9 Å². The van der Waals surface area contributed by atoms with Gasteiger partial charge >= 0.3 is 12.0 Å². The standard InChI is InChI=1S/C27H37N5O7/c1-24-11-7-20-25(2)9-4-10-26(3,22(33)34)19(25)8-12-27(20,15-24)14-21(24)29-30-23(35)28-17-6-5-16(31(36)37)13-18(17)32(38)39/h5-6,13,19-20,38-39H,4,7-12,14-15H2,1-3H3,(H,33,34)(H2,28,30,35)/q-2/t19-,20-,24-,25+,26+,27-/m0/s1. The fourth-order valence-corrected chi connectivity index (χ4v) is 9.13. The molecule has 1 aromatic rings. The Morgan fingerprint density at radius 3 is 2.44 bits per heavy atom. The highest BCUT2D eigenvalue weighted by atomic mass is 16.8. The Bertz CT molecular complexity index is 1210. The van der Waals surface area contributed by atoms with Crippen molar-refractivity contribution >= 4 is 34.8 Å². The lowest BCUT2D eigenvalue weighted by atomic mass is 9.40. The minimum Gasteiger partial charge on any atom is -0.769 e. The van der Waals surface area contributed by atoms with Crippen molar-refractivity contribution in [2.45, 2.75) is 78.6 Å². The quantitative estimate of drug-likeness (QED) is 0.302. The van der Waals surface area contributed by atoms with Gasteiger partial charge in [-0.05, 0) is 99.2 Å². The summed E-state index contributed by atoms with van der Waals surface area (Å²) in [4.78, 5) is 25.1. The molecule has 39 heavy (non-hydrogen) atoms. The molecule has 5 rings (SSSR count). The average molecular weight is 544 g/mol. The second kappa shape index (κ2) is 9.33. The smallest absolute Gasteiger partial charge is 0.339 e. The Kier molecular flexibility index (Phi) is 6.61. The van der Waals surface area contributed by atoms with Crippen LogP contribution < -0.4 is 21.2 Å². The number of hydrazone groups is 1. The number of rotatable bonds is 5. The molecule has 6 atom stereocenters. The first-order chi connectivity index (χ1) is 18.2. The van der Waals surface area contributed by atoms with Gasteiger partial charge in [0.05, 0.1) is 11.1 Å². The van der Waals surface area contributed by atoms with E-state index in [1.54, 1.807) is 0 Å². The summed E-state index contributed by atoms with van der Waals surface area (Å²) >= 11 is 0. The Balaban J connectivity index is 1.34. The third kappa shape index (κ3) is 4.33. The monoisotopic (exact) mass is 543 g/mol. The number of benzene rings is 1. The van der Waals surface area contributed by atoms with Crippen molar-refractivity contribution in [1.82, 2.24) is 5.43 Å². The van der Waals surface area contributed by atoms with Crippen LogP contribution in [0.15, 0.2) is 23.3 Å². The predicted molar refractivity (Wildman–Crippen MR) is 144 cm³/mol. The van der Waals surface area contributed by atoms with Crippen molar-refractivity contribution in [3.63, 3.8) is 0 Å². The summed E-state index contributed by atoms with van der Waals surface area (Å²) in [5, 5.41) is 57.2. The zero-order valence-electron chi connectivity index (χ0n) is 22.6. The fourth-order valence-electron chi connectivity index (χ4n) is 9.13. The van der Waals surface area contributed by atoms with Crippen LogP contribution >= 0.6 is 0 Å². The average Bonchev–Trinajstić information content (AvgIpc) is 3.06. The Hall–Kier alpha value is -2.93. The first-order valence-electron chi connectivity index (χ1n) is 13.6. The Labute approximate surface area is 227 Å². The number of carboxylic acid groups (broad SMARTS) is 1. The minimum atomic E-state index is -0.710. The normalized spacial score (nSPS) is 38.0. The highest BCUT2D eigenvalue weighted by molar-refractivity contribution is 5.97. The summed E-state index contributed by atoms with van der Waals surface area (Å²) in [7, 11) is 0. The second-order valence-corrected chi connectivity index (χ2v) is 12.9. The van der Waals surface area contributed by atoms with Crippen molar-refractivity contribution in [3.8, 4) is 0 Å². The first-order valence-corrected chi connectivity index (χ1v) is 13.6. The predicted octanol–water partition coefficient (Wildman–Crippen LogP) is 5.44. The van der Waals surface area contributed by atoms with Crippen LogP contribution in [-0.2, 0) is 4.79 Å². The van der Waals surface area contributed by atoms with Crippen molar-refractivity contribution in [2.75, 3.05) is 15.8 Å². The molecule has 2 bridgehead atoms. The van der Waals surface area contributed by atoms with E-state index in [9.17, 15) is 35.5 Å².